The van der Waals surface area contributed by atoms with Gasteiger partial charge in [0.25, 0.3) is 5.95 Å². The summed E-state index contributed by atoms with van der Waals surface area (Å²) < 4.78 is 76.1. The predicted octanol–water partition coefficient (Wildman–Crippen LogP) is 5.28. The zero-order chi connectivity index (χ0) is 24.9. The molecule has 3 heterocycles. The zero-order valence-corrected chi connectivity index (χ0v) is 20.8. The normalized spacial score (nSPS) is 26.4. The van der Waals surface area contributed by atoms with E-state index in [1.165, 1.54) is 6.92 Å². The molecular formula is C21H19F4NO5S3. The Morgan fingerprint density at radius 1 is 0.971 bits per heavy atom. The Labute approximate surface area is 204 Å². The van der Waals surface area contributed by atoms with Crippen molar-refractivity contribution in [3.05, 3.63) is 23.4 Å². The van der Waals surface area contributed by atoms with Gasteiger partial charge in [0.1, 0.15) is 17.4 Å². The number of aromatic nitrogens is 1. The summed E-state index contributed by atoms with van der Waals surface area (Å²) in [6, 6.07) is 0. The van der Waals surface area contributed by atoms with Gasteiger partial charge in [0.2, 0.25) is 0 Å². The van der Waals surface area contributed by atoms with E-state index in [4.69, 9.17) is 14.2 Å². The van der Waals surface area contributed by atoms with E-state index in [0.29, 0.717) is 11.8 Å². The van der Waals surface area contributed by atoms with E-state index < -0.39 is 64.6 Å². The summed E-state index contributed by atoms with van der Waals surface area (Å²) in [7, 11) is 0. The number of fused-ring (bicyclic) bond motifs is 1. The number of rotatable bonds is 4. The average Bonchev–Trinajstić information content (AvgIpc) is 2.90. The number of carbonyl (C=O) groups excluding carboxylic acids is 2. The number of benzene rings is 1. The van der Waals surface area contributed by atoms with E-state index >= 15 is 8.78 Å². The molecule has 0 radical (unpaired) electrons. The second-order valence-corrected chi connectivity index (χ2v) is 11.2. The van der Waals surface area contributed by atoms with E-state index in [1.807, 2.05) is 0 Å². The number of nitrogens with zero attached hydrogens (tertiary/aromatic N) is 1. The molecule has 0 amide bonds. The molecule has 0 aliphatic carbocycles. The first kappa shape index (κ1) is 25.4. The van der Waals surface area contributed by atoms with Crippen molar-refractivity contribution in [1.29, 1.82) is 0 Å². The van der Waals surface area contributed by atoms with E-state index in [9.17, 15) is 18.4 Å². The lowest BCUT2D eigenvalue weighted by Gasteiger charge is -2.43. The van der Waals surface area contributed by atoms with Gasteiger partial charge in [-0.15, -0.1) is 23.5 Å². The zero-order valence-electron chi connectivity index (χ0n) is 18.3. The van der Waals surface area contributed by atoms with Crippen LogP contribution in [-0.4, -0.2) is 45.8 Å². The van der Waals surface area contributed by atoms with Gasteiger partial charge < -0.3 is 14.2 Å². The molecule has 184 valence electrons. The quantitative estimate of drug-likeness (QED) is 0.294. The monoisotopic (exact) mass is 537 g/mol. The molecule has 1 aromatic carbocycles. The maximum Gasteiger partial charge on any atom is 0.303 e. The van der Waals surface area contributed by atoms with Crippen molar-refractivity contribution < 1.29 is 41.4 Å². The molecule has 2 aliphatic rings. The molecule has 13 heteroatoms. The molecule has 1 fully saturated rings. The molecule has 1 saturated heterocycles. The average molecular weight is 538 g/mol. The van der Waals surface area contributed by atoms with Crippen molar-refractivity contribution in [2.24, 2.45) is 5.92 Å². The lowest BCUT2D eigenvalue weighted by molar-refractivity contribution is -0.204. The van der Waals surface area contributed by atoms with Crippen LogP contribution in [0.5, 0.6) is 0 Å². The van der Waals surface area contributed by atoms with Crippen LogP contribution in [0.1, 0.15) is 27.7 Å². The predicted molar refractivity (Wildman–Crippen MR) is 119 cm³/mol. The van der Waals surface area contributed by atoms with Gasteiger partial charge in [0, 0.05) is 24.9 Å². The highest BCUT2D eigenvalue weighted by Crippen LogP contribution is 2.49. The number of ether oxygens (including phenoxy) is 3. The van der Waals surface area contributed by atoms with Crippen molar-refractivity contribution in [1.82, 2.24) is 4.98 Å². The third-order valence-corrected chi connectivity index (χ3v) is 9.01. The maximum absolute atomic E-state index is 15.5. The van der Waals surface area contributed by atoms with Gasteiger partial charge in [-0.1, -0.05) is 18.7 Å². The first-order valence-corrected chi connectivity index (χ1v) is 13.0. The van der Waals surface area contributed by atoms with Crippen LogP contribution in [0.25, 0.3) is 10.9 Å². The Morgan fingerprint density at radius 3 is 2.24 bits per heavy atom. The Hall–Kier alpha value is -1.70. The van der Waals surface area contributed by atoms with Gasteiger partial charge in [0.05, 0.1) is 31.7 Å². The van der Waals surface area contributed by atoms with Crippen molar-refractivity contribution in [2.45, 2.75) is 66.1 Å². The number of pyridine rings is 1. The molecule has 6 nitrogen and oxygen atoms in total. The summed E-state index contributed by atoms with van der Waals surface area (Å²) in [5.74, 6) is -6.52. The number of thioether (sulfide) groups is 3. The highest BCUT2D eigenvalue weighted by Gasteiger charge is 2.47. The fourth-order valence-corrected chi connectivity index (χ4v) is 7.36. The van der Waals surface area contributed by atoms with Crippen LogP contribution in [-0.2, 0) is 23.8 Å². The summed E-state index contributed by atoms with van der Waals surface area (Å²) in [6.45, 7) is 5.80. The third kappa shape index (κ3) is 4.47. The molecule has 0 saturated carbocycles. The molecule has 1 aromatic heterocycles. The Morgan fingerprint density at radius 2 is 1.59 bits per heavy atom. The van der Waals surface area contributed by atoms with Gasteiger partial charge in [-0.05, 0) is 6.92 Å². The van der Waals surface area contributed by atoms with Crippen LogP contribution in [0, 0.1) is 29.3 Å². The summed E-state index contributed by atoms with van der Waals surface area (Å²) in [5, 5.41) is -0.273. The Bertz CT molecular complexity index is 1180. The molecule has 2 aromatic rings. The minimum absolute atomic E-state index is 0.0556. The molecule has 2 bridgehead atoms. The van der Waals surface area contributed by atoms with E-state index in [2.05, 4.69) is 4.98 Å². The lowest BCUT2D eigenvalue weighted by Crippen LogP contribution is -2.54. The van der Waals surface area contributed by atoms with Crippen molar-refractivity contribution in [2.75, 3.05) is 5.08 Å². The molecule has 5 unspecified atom stereocenters. The van der Waals surface area contributed by atoms with Crippen molar-refractivity contribution >= 4 is 58.1 Å². The molecular weight excluding hydrogens is 518 g/mol. The third-order valence-electron chi connectivity index (χ3n) is 5.53. The lowest BCUT2D eigenvalue weighted by atomic mass is 9.92. The number of halogens is 4. The van der Waals surface area contributed by atoms with Gasteiger partial charge in [-0.25, -0.2) is 18.2 Å². The number of hydrogen-bond donors (Lipinski definition) is 0. The summed E-state index contributed by atoms with van der Waals surface area (Å²) in [4.78, 5) is 26.1. The van der Waals surface area contributed by atoms with Gasteiger partial charge in [0.15, 0.2) is 17.7 Å². The molecule has 5 atom stereocenters. The standard InChI is InChI=1S/C21H19F4NO5S3/c1-6-7(2)29-21(16(31-9(4)28)15(6)30-8(3)27)34-19-12(23)18-11(22)10-14(19)26-20(25)13(24)17(10)32-5-33-18/h6-7,15-16,21H,5H2,1-4H3. The Balaban J connectivity index is 1.86. The van der Waals surface area contributed by atoms with Crippen LogP contribution in [0.2, 0.25) is 0 Å². The molecule has 4 rings (SSSR count). The maximum atomic E-state index is 15.5. The number of carbonyl (C=O) groups is 2. The minimum Gasteiger partial charge on any atom is -0.458 e. The summed E-state index contributed by atoms with van der Waals surface area (Å²) >= 11 is 2.35. The van der Waals surface area contributed by atoms with Crippen LogP contribution in [0.15, 0.2) is 14.7 Å². The SMILES string of the molecule is CC(=O)OC1C(Sc2c(F)c3c(F)c4c(c(F)c(F)nc24)SCS3)OC(C)C(C)C1OC(C)=O. The largest absolute Gasteiger partial charge is 0.458 e. The minimum atomic E-state index is -1.49. The second-order valence-electron chi connectivity index (χ2n) is 7.80. The highest BCUT2D eigenvalue weighted by atomic mass is 32.2. The van der Waals surface area contributed by atoms with E-state index in [1.54, 1.807) is 13.8 Å². The first-order valence-electron chi connectivity index (χ1n) is 10.1. The Kier molecular flexibility index (Phi) is 7.28. The highest BCUT2D eigenvalue weighted by molar-refractivity contribution is 8.16. The van der Waals surface area contributed by atoms with Crippen molar-refractivity contribution in [3.63, 3.8) is 0 Å². The van der Waals surface area contributed by atoms with Crippen LogP contribution >= 0.6 is 35.3 Å². The van der Waals surface area contributed by atoms with E-state index in [0.717, 1.165) is 30.4 Å². The number of esters is 2. The molecule has 2 aliphatic heterocycles. The van der Waals surface area contributed by atoms with Crippen LogP contribution < -0.4 is 0 Å². The summed E-state index contributed by atoms with van der Waals surface area (Å²) in [5.41, 5.74) is -1.53. The van der Waals surface area contributed by atoms with Gasteiger partial charge in [-0.3, -0.25) is 9.59 Å². The van der Waals surface area contributed by atoms with Gasteiger partial charge >= 0.3 is 11.9 Å². The van der Waals surface area contributed by atoms with Crippen LogP contribution in [0.3, 0.4) is 0 Å². The second kappa shape index (κ2) is 9.75. The smallest absolute Gasteiger partial charge is 0.303 e. The fraction of sp³-hybridized carbons (Fsp3) is 0.476. The topological polar surface area (TPSA) is 74.7 Å². The van der Waals surface area contributed by atoms with Crippen LogP contribution in [0.4, 0.5) is 17.6 Å². The molecule has 34 heavy (non-hydrogen) atoms. The van der Waals surface area contributed by atoms with Gasteiger partial charge in [-0.2, -0.15) is 4.39 Å². The molecule has 0 spiro atoms. The molecule has 0 N–H and O–H groups in total. The fourth-order valence-electron chi connectivity index (χ4n) is 3.84. The number of hydrogen-bond acceptors (Lipinski definition) is 9. The van der Waals surface area contributed by atoms with E-state index in [-0.39, 0.29) is 31.1 Å². The first-order chi connectivity index (χ1) is 16.0. The van der Waals surface area contributed by atoms with Crippen molar-refractivity contribution in [3.8, 4) is 0 Å². The summed E-state index contributed by atoms with van der Waals surface area (Å²) in [6.07, 6.45) is -2.59.